The maximum Gasteiger partial charge on any atom is 0.343 e. The molecule has 1 fully saturated rings. The van der Waals surface area contributed by atoms with Gasteiger partial charge in [0, 0.05) is 0 Å². The number of hydrogen-bond donors (Lipinski definition) is 0. The van der Waals surface area contributed by atoms with Crippen LogP contribution < -0.4 is 9.47 Å². The fourth-order valence-electron chi connectivity index (χ4n) is 4.44. The van der Waals surface area contributed by atoms with Gasteiger partial charge < -0.3 is 14.2 Å². The first-order valence-corrected chi connectivity index (χ1v) is 13.8. The van der Waals surface area contributed by atoms with Crippen molar-refractivity contribution < 1.29 is 28.2 Å². The molecular formula is C30H38ClFO5. The molecular weight excluding hydrogens is 495 g/mol. The number of halogens is 2. The third-order valence-corrected chi connectivity index (χ3v) is 6.81. The third kappa shape index (κ3) is 9.99. The van der Waals surface area contributed by atoms with Crippen LogP contribution in [0.25, 0.3) is 0 Å². The van der Waals surface area contributed by atoms with E-state index in [1.807, 2.05) is 38.1 Å². The highest BCUT2D eigenvalue weighted by Gasteiger charge is 2.27. The number of carbonyl (C=O) groups is 2. The normalized spacial score (nSPS) is 19.0. The first-order chi connectivity index (χ1) is 17.8. The zero-order chi connectivity index (χ0) is 26.6. The van der Waals surface area contributed by atoms with E-state index >= 15 is 0 Å². The number of hydrogen-bond acceptors (Lipinski definition) is 5. The molecule has 202 valence electrons. The van der Waals surface area contributed by atoms with Crippen molar-refractivity contribution in [2.45, 2.75) is 89.3 Å². The Kier molecular flexibility index (Phi) is 11.7. The monoisotopic (exact) mass is 532 g/mol. The van der Waals surface area contributed by atoms with Crippen LogP contribution in [0.3, 0.4) is 0 Å². The molecule has 0 N–H and O–H groups in total. The van der Waals surface area contributed by atoms with Gasteiger partial charge in [0.15, 0.2) is 6.17 Å². The molecule has 0 aliphatic heterocycles. The number of esters is 2. The Balaban J connectivity index is 1.37. The van der Waals surface area contributed by atoms with Gasteiger partial charge >= 0.3 is 11.9 Å². The van der Waals surface area contributed by atoms with Gasteiger partial charge in [-0.1, -0.05) is 31.9 Å². The lowest BCUT2D eigenvalue weighted by atomic mass is 9.83. The topological polar surface area (TPSA) is 61.8 Å². The van der Waals surface area contributed by atoms with Crippen LogP contribution in [-0.4, -0.2) is 36.2 Å². The second-order valence-electron chi connectivity index (χ2n) is 9.88. The van der Waals surface area contributed by atoms with Crippen LogP contribution >= 0.6 is 11.6 Å². The third-order valence-electron chi connectivity index (χ3n) is 6.69. The van der Waals surface area contributed by atoms with Gasteiger partial charge in [-0.3, -0.25) is 0 Å². The number of alkyl halides is 2. The highest BCUT2D eigenvalue weighted by Crippen LogP contribution is 2.30. The fourth-order valence-corrected chi connectivity index (χ4v) is 4.50. The highest BCUT2D eigenvalue weighted by molar-refractivity contribution is 6.20. The average molecular weight is 533 g/mol. The van der Waals surface area contributed by atoms with Crippen LogP contribution in [0.4, 0.5) is 4.39 Å². The van der Waals surface area contributed by atoms with E-state index in [0.717, 1.165) is 44.9 Å². The van der Waals surface area contributed by atoms with E-state index in [1.54, 1.807) is 24.3 Å². The van der Waals surface area contributed by atoms with Crippen molar-refractivity contribution in [3.05, 3.63) is 59.7 Å². The zero-order valence-corrected chi connectivity index (χ0v) is 22.6. The molecule has 0 saturated heterocycles. The summed E-state index contributed by atoms with van der Waals surface area (Å²) in [6, 6.07) is 14.4. The first-order valence-electron chi connectivity index (χ1n) is 13.4. The Bertz CT molecular complexity index is 968. The summed E-state index contributed by atoms with van der Waals surface area (Å²) in [7, 11) is 0. The van der Waals surface area contributed by atoms with Crippen LogP contribution in [-0.2, 0) is 16.0 Å². The van der Waals surface area contributed by atoms with Gasteiger partial charge in [-0.15, -0.1) is 11.6 Å². The number of carbonyl (C=O) groups excluding carboxylic acids is 2. The lowest BCUT2D eigenvalue weighted by Crippen LogP contribution is -2.29. The minimum Gasteiger partial charge on any atom is -0.492 e. The molecule has 0 amide bonds. The van der Waals surface area contributed by atoms with Crippen LogP contribution in [0.2, 0.25) is 0 Å². The summed E-state index contributed by atoms with van der Waals surface area (Å²) in [6.45, 7) is 4.23. The molecule has 1 aliphatic rings. The van der Waals surface area contributed by atoms with Crippen molar-refractivity contribution in [2.24, 2.45) is 5.92 Å². The lowest BCUT2D eigenvalue weighted by Gasteiger charge is -2.28. The van der Waals surface area contributed by atoms with Gasteiger partial charge in [-0.2, -0.15) is 0 Å². The Morgan fingerprint density at radius 3 is 2.27 bits per heavy atom. The van der Waals surface area contributed by atoms with Crippen molar-refractivity contribution in [3.8, 4) is 11.5 Å². The van der Waals surface area contributed by atoms with Crippen LogP contribution in [0.15, 0.2) is 48.5 Å². The summed E-state index contributed by atoms with van der Waals surface area (Å²) >= 11 is 5.89. The zero-order valence-electron chi connectivity index (χ0n) is 21.8. The summed E-state index contributed by atoms with van der Waals surface area (Å²) in [6.07, 6.45) is 5.69. The van der Waals surface area contributed by atoms with E-state index in [1.165, 1.54) is 5.56 Å². The van der Waals surface area contributed by atoms with E-state index in [0.29, 0.717) is 36.0 Å². The summed E-state index contributed by atoms with van der Waals surface area (Å²) in [5.41, 5.74) is 1.62. The van der Waals surface area contributed by atoms with Crippen molar-refractivity contribution >= 4 is 23.5 Å². The molecule has 0 bridgehead atoms. The quantitative estimate of drug-likeness (QED) is 0.152. The number of rotatable bonds is 13. The van der Waals surface area contributed by atoms with Gasteiger partial charge in [0.1, 0.15) is 24.2 Å². The number of ether oxygens (including phenoxy) is 3. The second-order valence-corrected chi connectivity index (χ2v) is 10.6. The predicted molar refractivity (Wildman–Crippen MR) is 143 cm³/mol. The van der Waals surface area contributed by atoms with E-state index in [9.17, 15) is 14.0 Å². The molecule has 3 rings (SSSR count). The summed E-state index contributed by atoms with van der Waals surface area (Å²) in [5.74, 6) is 0.595. The molecule has 0 aromatic heterocycles. The minimum absolute atomic E-state index is 0.0918. The van der Waals surface area contributed by atoms with E-state index in [4.69, 9.17) is 25.8 Å². The first kappa shape index (κ1) is 29.0. The molecule has 0 unspecified atom stereocenters. The molecule has 0 spiro atoms. The Morgan fingerprint density at radius 2 is 1.65 bits per heavy atom. The minimum atomic E-state index is -1.50. The van der Waals surface area contributed by atoms with Crippen LogP contribution in [0.1, 0.15) is 81.1 Å². The molecule has 7 heteroatoms. The Hall–Kier alpha value is -2.60. The van der Waals surface area contributed by atoms with E-state index in [-0.39, 0.29) is 17.9 Å². The standard InChI is InChI=1S/C30H38ClFO5/c1-3-4-5-28(32)30(34)37-27-16-10-23(11-17-27)7-6-22-8-14-26(15-9-22)36-29(33)24-12-18-25(19-13-24)35-20-21(2)31/h8-9,12-15,18-19,21,23,27-28H,3-7,10-11,16-17,20H2,1-2H3/t21-,23?,27?,28+/m1/s1. The smallest absolute Gasteiger partial charge is 0.343 e. The molecule has 1 aliphatic carbocycles. The molecule has 0 heterocycles. The lowest BCUT2D eigenvalue weighted by molar-refractivity contribution is -0.157. The maximum absolute atomic E-state index is 13.9. The van der Waals surface area contributed by atoms with Crippen molar-refractivity contribution in [3.63, 3.8) is 0 Å². The van der Waals surface area contributed by atoms with Gasteiger partial charge in [0.25, 0.3) is 0 Å². The summed E-state index contributed by atoms with van der Waals surface area (Å²) < 4.78 is 30.3. The number of benzene rings is 2. The average Bonchev–Trinajstić information content (AvgIpc) is 2.91. The van der Waals surface area contributed by atoms with E-state index < -0.39 is 18.1 Å². The van der Waals surface area contributed by atoms with E-state index in [2.05, 4.69) is 0 Å². The molecule has 2 aromatic rings. The van der Waals surface area contributed by atoms with Crippen molar-refractivity contribution in [1.29, 1.82) is 0 Å². The maximum atomic E-state index is 13.9. The molecule has 1 saturated carbocycles. The Morgan fingerprint density at radius 1 is 1.00 bits per heavy atom. The molecule has 2 aromatic carbocycles. The molecule has 5 nitrogen and oxygen atoms in total. The van der Waals surface area contributed by atoms with Gasteiger partial charge in [-0.25, -0.2) is 14.0 Å². The highest BCUT2D eigenvalue weighted by atomic mass is 35.5. The Labute approximate surface area is 224 Å². The van der Waals surface area contributed by atoms with Crippen LogP contribution in [0, 0.1) is 5.92 Å². The summed E-state index contributed by atoms with van der Waals surface area (Å²) in [4.78, 5) is 24.4. The molecule has 37 heavy (non-hydrogen) atoms. The summed E-state index contributed by atoms with van der Waals surface area (Å²) in [5, 5.41) is -0.0918. The van der Waals surface area contributed by atoms with Gasteiger partial charge in [0.2, 0.25) is 0 Å². The van der Waals surface area contributed by atoms with Gasteiger partial charge in [-0.05, 0) is 99.7 Å². The van der Waals surface area contributed by atoms with Crippen LogP contribution in [0.5, 0.6) is 11.5 Å². The second kappa shape index (κ2) is 15.0. The van der Waals surface area contributed by atoms with Crippen molar-refractivity contribution in [1.82, 2.24) is 0 Å². The molecule has 0 radical (unpaired) electrons. The fraction of sp³-hybridized carbons (Fsp3) is 0.533. The largest absolute Gasteiger partial charge is 0.492 e. The molecule has 2 atom stereocenters. The van der Waals surface area contributed by atoms with Crippen molar-refractivity contribution in [2.75, 3.05) is 6.61 Å². The number of aryl methyl sites for hydroxylation is 1. The SMILES string of the molecule is CCCC[C@H](F)C(=O)OC1CCC(CCc2ccc(OC(=O)c3ccc(OC[C@@H](C)Cl)cc3)cc2)CC1. The predicted octanol–water partition coefficient (Wildman–Crippen LogP) is 7.47. The van der Waals surface area contributed by atoms with Gasteiger partial charge in [0.05, 0.1) is 10.9 Å². The number of unbranched alkanes of at least 4 members (excludes halogenated alkanes) is 1.